The quantitative estimate of drug-likeness (QED) is 0.482. The van der Waals surface area contributed by atoms with E-state index in [1.165, 1.54) is 24.3 Å². The van der Waals surface area contributed by atoms with Crippen LogP contribution in [-0.2, 0) is 11.3 Å². The number of unbranched alkanes of at least 4 members (excludes halogenated alkanes) is 1. The number of aliphatic hydroxyl groups excluding tert-OH is 1. The Morgan fingerprint density at radius 3 is 2.21 bits per heavy atom. The second-order valence-electron chi connectivity index (χ2n) is 7.11. The molecule has 1 atom stereocenters. The predicted octanol–water partition coefficient (Wildman–Crippen LogP) is 4.23. The summed E-state index contributed by atoms with van der Waals surface area (Å²) in [6, 6.07) is 8.95. The molecule has 0 aliphatic heterocycles. The molecule has 0 aliphatic rings. The number of hydrogen-bond donors (Lipinski definition) is 2. The van der Waals surface area contributed by atoms with Crippen LogP contribution in [0.5, 0.6) is 0 Å². The van der Waals surface area contributed by atoms with Gasteiger partial charge >= 0.3 is 0 Å². The van der Waals surface area contributed by atoms with Crippen molar-refractivity contribution >= 4 is 21.8 Å². The van der Waals surface area contributed by atoms with Crippen molar-refractivity contribution in [3.63, 3.8) is 0 Å². The van der Waals surface area contributed by atoms with E-state index < -0.39 is 6.10 Å². The third-order valence-electron chi connectivity index (χ3n) is 4.85. The Kier molecular flexibility index (Phi) is 7.36. The average Bonchev–Trinajstić information content (AvgIpc) is 2.96. The van der Waals surface area contributed by atoms with Gasteiger partial charge in [-0.3, -0.25) is 0 Å². The first-order chi connectivity index (χ1) is 13.6. The summed E-state index contributed by atoms with van der Waals surface area (Å²) < 4.78 is 34.8. The SMILES string of the molecule is CCCCOCCCNCC(O)Cn1c2ccc(F)cc2c2cc(F)ccc21. The molecule has 2 N–H and O–H groups in total. The number of rotatable bonds is 11. The summed E-state index contributed by atoms with van der Waals surface area (Å²) in [6.07, 6.45) is 2.49. The van der Waals surface area contributed by atoms with E-state index in [1.54, 1.807) is 12.1 Å². The van der Waals surface area contributed by atoms with Crippen LogP contribution < -0.4 is 5.32 Å². The zero-order valence-electron chi connectivity index (χ0n) is 16.3. The molecule has 3 rings (SSSR count). The second kappa shape index (κ2) is 9.96. The molecule has 0 radical (unpaired) electrons. The van der Waals surface area contributed by atoms with E-state index in [2.05, 4.69) is 12.2 Å². The fraction of sp³-hybridized carbons (Fsp3) is 0.455. The minimum atomic E-state index is -0.616. The summed E-state index contributed by atoms with van der Waals surface area (Å²) in [5, 5.41) is 15.0. The van der Waals surface area contributed by atoms with Gasteiger partial charge in [0.1, 0.15) is 11.6 Å². The van der Waals surface area contributed by atoms with Gasteiger partial charge in [0.25, 0.3) is 0 Å². The molecule has 152 valence electrons. The van der Waals surface area contributed by atoms with Gasteiger partial charge in [-0.1, -0.05) is 13.3 Å². The van der Waals surface area contributed by atoms with E-state index in [-0.39, 0.29) is 11.6 Å². The molecule has 4 nitrogen and oxygen atoms in total. The molecule has 0 aliphatic carbocycles. The fourth-order valence-electron chi connectivity index (χ4n) is 3.44. The Morgan fingerprint density at radius 1 is 1.00 bits per heavy atom. The first kappa shape index (κ1) is 20.7. The van der Waals surface area contributed by atoms with Gasteiger partial charge in [-0.2, -0.15) is 0 Å². The summed E-state index contributed by atoms with van der Waals surface area (Å²) >= 11 is 0. The maximum Gasteiger partial charge on any atom is 0.123 e. The summed E-state index contributed by atoms with van der Waals surface area (Å²) in [6.45, 7) is 5.21. The monoisotopic (exact) mass is 390 g/mol. The van der Waals surface area contributed by atoms with Crippen molar-refractivity contribution in [2.45, 2.75) is 38.8 Å². The molecule has 0 saturated heterocycles. The number of aliphatic hydroxyl groups is 1. The van der Waals surface area contributed by atoms with Crippen molar-refractivity contribution in [3.8, 4) is 0 Å². The highest BCUT2D eigenvalue weighted by molar-refractivity contribution is 6.08. The second-order valence-corrected chi connectivity index (χ2v) is 7.11. The topological polar surface area (TPSA) is 46.4 Å². The lowest BCUT2D eigenvalue weighted by molar-refractivity contribution is 0.125. The number of hydrogen-bond acceptors (Lipinski definition) is 3. The molecule has 0 fully saturated rings. The van der Waals surface area contributed by atoms with Crippen LogP contribution in [0.15, 0.2) is 36.4 Å². The smallest absolute Gasteiger partial charge is 0.123 e. The molecule has 1 aromatic heterocycles. The third-order valence-corrected chi connectivity index (χ3v) is 4.85. The van der Waals surface area contributed by atoms with Crippen LogP contribution in [-0.4, -0.2) is 42.1 Å². The zero-order chi connectivity index (χ0) is 19.9. The Labute approximate surface area is 164 Å². The van der Waals surface area contributed by atoms with Gasteiger partial charge in [-0.25, -0.2) is 8.78 Å². The van der Waals surface area contributed by atoms with E-state index in [1.807, 2.05) is 4.57 Å². The molecule has 0 spiro atoms. The third kappa shape index (κ3) is 5.07. The Balaban J connectivity index is 1.62. The molecule has 0 saturated carbocycles. The van der Waals surface area contributed by atoms with E-state index in [4.69, 9.17) is 4.74 Å². The van der Waals surface area contributed by atoms with Crippen molar-refractivity contribution in [1.82, 2.24) is 9.88 Å². The van der Waals surface area contributed by atoms with E-state index in [0.717, 1.165) is 43.4 Å². The lowest BCUT2D eigenvalue weighted by Gasteiger charge is -2.15. The highest BCUT2D eigenvalue weighted by Gasteiger charge is 2.15. The molecule has 1 heterocycles. The maximum absolute atomic E-state index is 13.7. The van der Waals surface area contributed by atoms with Crippen LogP contribution in [0.3, 0.4) is 0 Å². The molecule has 28 heavy (non-hydrogen) atoms. The Morgan fingerprint density at radius 2 is 1.61 bits per heavy atom. The van der Waals surface area contributed by atoms with E-state index in [9.17, 15) is 13.9 Å². The standard InChI is InChI=1S/C22H28F2N2O2/c1-2-3-10-28-11-4-9-25-14-18(27)15-26-21-7-5-16(23)12-19(21)20-13-17(24)6-8-22(20)26/h5-8,12-13,18,25,27H,2-4,9-11,14-15H2,1H3. The van der Waals surface area contributed by atoms with Crippen molar-refractivity contribution in [1.29, 1.82) is 0 Å². The largest absolute Gasteiger partial charge is 0.390 e. The van der Waals surface area contributed by atoms with Crippen LogP contribution in [0.4, 0.5) is 8.78 Å². The average molecular weight is 390 g/mol. The van der Waals surface area contributed by atoms with Crippen LogP contribution in [0.1, 0.15) is 26.2 Å². The number of halogens is 2. The number of fused-ring (bicyclic) bond motifs is 3. The van der Waals surface area contributed by atoms with Gasteiger partial charge in [-0.05, 0) is 55.8 Å². The zero-order valence-corrected chi connectivity index (χ0v) is 16.3. The van der Waals surface area contributed by atoms with Crippen molar-refractivity contribution in [2.24, 2.45) is 0 Å². The van der Waals surface area contributed by atoms with Crippen molar-refractivity contribution in [2.75, 3.05) is 26.3 Å². The van der Waals surface area contributed by atoms with E-state index >= 15 is 0 Å². The van der Waals surface area contributed by atoms with Gasteiger partial charge in [0.15, 0.2) is 0 Å². The number of aromatic nitrogens is 1. The Hall–Kier alpha value is -2.02. The minimum absolute atomic E-state index is 0.345. The first-order valence-corrected chi connectivity index (χ1v) is 9.93. The number of nitrogens with zero attached hydrogens (tertiary/aromatic N) is 1. The predicted molar refractivity (Wildman–Crippen MR) is 109 cm³/mol. The molecule has 3 aromatic rings. The Bertz CT molecular complexity index is 851. The normalized spacial score (nSPS) is 12.9. The molecule has 6 heteroatoms. The van der Waals surface area contributed by atoms with Gasteiger partial charge < -0.3 is 19.7 Å². The lowest BCUT2D eigenvalue weighted by Crippen LogP contribution is -2.31. The van der Waals surface area contributed by atoms with Gasteiger partial charge in [0.05, 0.1) is 12.6 Å². The highest BCUT2D eigenvalue weighted by atomic mass is 19.1. The first-order valence-electron chi connectivity index (χ1n) is 9.93. The highest BCUT2D eigenvalue weighted by Crippen LogP contribution is 2.30. The summed E-state index contributed by atoms with van der Waals surface area (Å²) in [5.74, 6) is -0.724. The van der Waals surface area contributed by atoms with Crippen LogP contribution in [0.25, 0.3) is 21.8 Å². The van der Waals surface area contributed by atoms with Gasteiger partial charge in [0.2, 0.25) is 0 Å². The maximum atomic E-state index is 13.7. The molecule has 2 aromatic carbocycles. The minimum Gasteiger partial charge on any atom is -0.390 e. The molecular weight excluding hydrogens is 362 g/mol. The molecule has 0 bridgehead atoms. The number of ether oxygens (including phenoxy) is 1. The van der Waals surface area contributed by atoms with Crippen LogP contribution in [0.2, 0.25) is 0 Å². The van der Waals surface area contributed by atoms with E-state index in [0.29, 0.717) is 30.5 Å². The van der Waals surface area contributed by atoms with Crippen LogP contribution in [0, 0.1) is 11.6 Å². The summed E-state index contributed by atoms with van der Waals surface area (Å²) in [7, 11) is 0. The fourth-order valence-corrected chi connectivity index (χ4v) is 3.44. The summed E-state index contributed by atoms with van der Waals surface area (Å²) in [5.41, 5.74) is 1.57. The van der Waals surface area contributed by atoms with Gasteiger partial charge in [-0.15, -0.1) is 0 Å². The molecule has 0 amide bonds. The van der Waals surface area contributed by atoms with Crippen LogP contribution >= 0.6 is 0 Å². The van der Waals surface area contributed by atoms with Crippen molar-refractivity contribution < 1.29 is 18.6 Å². The number of nitrogens with one attached hydrogen (secondary N) is 1. The summed E-state index contributed by atoms with van der Waals surface area (Å²) in [4.78, 5) is 0. The molecular formula is C22H28F2N2O2. The molecule has 1 unspecified atom stereocenters. The lowest BCUT2D eigenvalue weighted by atomic mass is 10.1. The number of benzene rings is 2. The van der Waals surface area contributed by atoms with Gasteiger partial charge in [0, 0.05) is 41.6 Å². The van der Waals surface area contributed by atoms with Crippen molar-refractivity contribution in [3.05, 3.63) is 48.0 Å².